The maximum atomic E-state index is 13.1. The molecule has 0 unspecified atom stereocenters. The quantitative estimate of drug-likeness (QED) is 0.158. The van der Waals surface area contributed by atoms with Gasteiger partial charge in [-0.25, -0.2) is 9.59 Å². The standard InChI is InChI=1S/C29H34O17.6H2O/c1-38-14-6-11-4-5-13(14)43-28-23(34)21(32)19(30)17(44-28)10-42-27(37)12-7-15(39-2)25(16(8-12)40-3)46-29-24(35)22(33)20(31)18(45-29)9-41-26(11)36;;;;;;/h4-8,17-24,28-35H,9-10H2,1-3H3;6*1H2/t17-,18-,19-,20-,21+,22-,23-,24-,28-,29+;;;;;;/m1....../s1. The van der Waals surface area contributed by atoms with Crippen molar-refractivity contribution in [1.82, 2.24) is 0 Å². The molecule has 23 heteroatoms. The van der Waals surface area contributed by atoms with E-state index in [1.165, 1.54) is 51.7 Å². The van der Waals surface area contributed by atoms with Crippen LogP contribution in [-0.4, -0.2) is 171 Å². The van der Waals surface area contributed by atoms with Gasteiger partial charge in [0.2, 0.25) is 18.3 Å². The number of rotatable bonds is 3. The molecular weight excluding hydrogens is 716 g/mol. The minimum absolute atomic E-state index is 0. The second-order valence-corrected chi connectivity index (χ2v) is 10.5. The molecule has 8 rings (SSSR count). The van der Waals surface area contributed by atoms with E-state index in [9.17, 15) is 40.2 Å². The lowest BCUT2D eigenvalue weighted by Crippen LogP contribution is -2.60. The molecule has 6 aliphatic heterocycles. The summed E-state index contributed by atoms with van der Waals surface area (Å²) >= 11 is 0. The Balaban J connectivity index is 0. The SMILES string of the molecule is COc1cc2ccc1O[C@@H]1O[C@H](COC(=O)c3cc(OC)c(c(OC)c3)O[C@@H]3O[C@H](COC2=O)[C@@H](O)[C@@H](O)[C@H]3O)[C@@H](O)[C@H](O)[C@H]1O.O.O.O.O.O.O. The van der Waals surface area contributed by atoms with Crippen LogP contribution in [0.3, 0.4) is 0 Å². The fourth-order valence-electron chi connectivity index (χ4n) is 5.03. The summed E-state index contributed by atoms with van der Waals surface area (Å²) in [6.45, 7) is -1.19. The van der Waals surface area contributed by atoms with Gasteiger partial charge in [-0.05, 0) is 30.3 Å². The molecule has 6 aliphatic rings. The first-order valence-corrected chi connectivity index (χ1v) is 14.0. The summed E-state index contributed by atoms with van der Waals surface area (Å²) in [6.07, 6.45) is -16.4. The van der Waals surface area contributed by atoms with Gasteiger partial charge in [0, 0.05) is 0 Å². The van der Waals surface area contributed by atoms with Gasteiger partial charge in [0.05, 0.1) is 32.5 Å². The van der Waals surface area contributed by atoms with Crippen LogP contribution in [0.4, 0.5) is 0 Å². The summed E-state index contributed by atoms with van der Waals surface area (Å²) in [5.74, 6) is -2.23. The van der Waals surface area contributed by atoms with E-state index in [0.717, 1.165) is 0 Å². The number of carbonyl (C=O) groups excluding carboxylic acids is 2. The third-order valence-electron chi connectivity index (χ3n) is 7.67. The zero-order valence-corrected chi connectivity index (χ0v) is 27.7. The van der Waals surface area contributed by atoms with Gasteiger partial charge in [0.25, 0.3) is 0 Å². The van der Waals surface area contributed by atoms with Crippen LogP contribution >= 0.6 is 0 Å². The van der Waals surface area contributed by atoms with Crippen molar-refractivity contribution >= 4 is 11.9 Å². The summed E-state index contributed by atoms with van der Waals surface area (Å²) < 4.78 is 49.5. The number of esters is 2. The number of benzene rings is 2. The zero-order chi connectivity index (χ0) is 33.3. The number of aliphatic hydroxyl groups is 6. The van der Waals surface area contributed by atoms with Crippen LogP contribution in [0, 0.1) is 0 Å². The highest BCUT2D eigenvalue weighted by Crippen LogP contribution is 2.41. The Labute approximate surface area is 294 Å². The third-order valence-corrected chi connectivity index (χ3v) is 7.67. The molecule has 2 fully saturated rings. The predicted molar refractivity (Wildman–Crippen MR) is 169 cm³/mol. The molecule has 0 saturated carbocycles. The highest BCUT2D eigenvalue weighted by Gasteiger charge is 2.47. The number of hydrogen-bond donors (Lipinski definition) is 6. The van der Waals surface area contributed by atoms with Crippen molar-refractivity contribution in [3.8, 4) is 28.7 Å². The van der Waals surface area contributed by atoms with Gasteiger partial charge in [-0.3, -0.25) is 0 Å². The summed E-state index contributed by atoms with van der Waals surface area (Å²) in [6, 6.07) is 6.25. The van der Waals surface area contributed by atoms with Crippen LogP contribution < -0.4 is 23.7 Å². The van der Waals surface area contributed by atoms with Gasteiger partial charge >= 0.3 is 11.9 Å². The van der Waals surface area contributed by atoms with Crippen molar-refractivity contribution in [2.24, 2.45) is 0 Å². The zero-order valence-electron chi connectivity index (χ0n) is 27.7. The van der Waals surface area contributed by atoms with Gasteiger partial charge in [0.15, 0.2) is 23.0 Å². The molecular formula is C29H46O23. The molecule has 52 heavy (non-hydrogen) atoms. The van der Waals surface area contributed by atoms with Gasteiger partial charge < -0.3 is 106 Å². The molecule has 2 aromatic rings. The average molecular weight is 763 g/mol. The van der Waals surface area contributed by atoms with E-state index >= 15 is 0 Å². The van der Waals surface area contributed by atoms with E-state index in [4.69, 9.17) is 42.6 Å². The minimum Gasteiger partial charge on any atom is -0.493 e. The highest BCUT2D eigenvalue weighted by molar-refractivity contribution is 5.91. The third kappa shape index (κ3) is 9.82. The molecule has 0 aromatic heterocycles. The molecule has 8 bridgehead atoms. The fraction of sp³-hybridized carbons (Fsp3) is 0.517. The second kappa shape index (κ2) is 20.8. The van der Waals surface area contributed by atoms with Crippen LogP contribution in [0.2, 0.25) is 0 Å². The summed E-state index contributed by atoms with van der Waals surface area (Å²) in [5.41, 5.74) is -0.151. The summed E-state index contributed by atoms with van der Waals surface area (Å²) in [7, 11) is 3.77. The first-order valence-electron chi connectivity index (χ1n) is 14.0. The monoisotopic (exact) mass is 762 g/mol. The molecule has 0 amide bonds. The number of hydrogen-bond acceptors (Lipinski definition) is 17. The number of methoxy groups -OCH3 is 3. The van der Waals surface area contributed by atoms with E-state index in [0.29, 0.717) is 0 Å². The van der Waals surface area contributed by atoms with E-state index in [1.54, 1.807) is 0 Å². The molecule has 2 aromatic carbocycles. The van der Waals surface area contributed by atoms with Crippen molar-refractivity contribution in [3.63, 3.8) is 0 Å². The molecule has 0 aliphatic carbocycles. The molecule has 23 nitrogen and oxygen atoms in total. The molecule has 18 N–H and O–H groups in total. The summed E-state index contributed by atoms with van der Waals surface area (Å²) in [4.78, 5) is 26.0. The lowest BCUT2D eigenvalue weighted by molar-refractivity contribution is -0.277. The molecule has 2 saturated heterocycles. The van der Waals surface area contributed by atoms with Crippen LogP contribution in [0.5, 0.6) is 28.7 Å². The minimum atomic E-state index is -1.79. The molecule has 10 atom stereocenters. The maximum absolute atomic E-state index is 13.1. The number of aliphatic hydroxyl groups excluding tert-OH is 6. The smallest absolute Gasteiger partial charge is 0.338 e. The highest BCUT2D eigenvalue weighted by atomic mass is 16.7. The second-order valence-electron chi connectivity index (χ2n) is 10.5. The van der Waals surface area contributed by atoms with Gasteiger partial charge in [0.1, 0.15) is 62.0 Å². The van der Waals surface area contributed by atoms with E-state index in [2.05, 4.69) is 0 Å². The van der Waals surface area contributed by atoms with Crippen LogP contribution in [0.25, 0.3) is 0 Å². The van der Waals surface area contributed by atoms with Crippen molar-refractivity contribution in [2.75, 3.05) is 34.5 Å². The normalized spacial score (nSPS) is 29.5. The van der Waals surface area contributed by atoms with E-state index in [1.807, 2.05) is 0 Å². The first-order chi connectivity index (χ1) is 22.0. The topological polar surface area (TPSA) is 428 Å². The van der Waals surface area contributed by atoms with Crippen molar-refractivity contribution in [1.29, 1.82) is 0 Å². The molecule has 0 spiro atoms. The molecule has 300 valence electrons. The van der Waals surface area contributed by atoms with Crippen molar-refractivity contribution < 1.29 is 116 Å². The first kappa shape index (κ1) is 49.9. The summed E-state index contributed by atoms with van der Waals surface area (Å²) in [5, 5.41) is 63.3. The predicted octanol–water partition coefficient (Wildman–Crippen LogP) is -6.84. The van der Waals surface area contributed by atoms with E-state index < -0.39 is 86.6 Å². The van der Waals surface area contributed by atoms with Crippen LogP contribution in [0.15, 0.2) is 30.3 Å². The Bertz CT molecular complexity index is 1400. The Kier molecular flexibility index (Phi) is 19.9. The Morgan fingerprint density at radius 3 is 1.38 bits per heavy atom. The number of carbonyl (C=O) groups is 2. The lowest BCUT2D eigenvalue weighted by Gasteiger charge is -2.40. The maximum Gasteiger partial charge on any atom is 0.338 e. The van der Waals surface area contributed by atoms with E-state index in [-0.39, 0.29) is 72.7 Å². The lowest BCUT2D eigenvalue weighted by atomic mass is 9.99. The average Bonchev–Trinajstić information content (AvgIpc) is 3.06. The van der Waals surface area contributed by atoms with Crippen LogP contribution in [0.1, 0.15) is 20.7 Å². The Morgan fingerprint density at radius 1 is 0.538 bits per heavy atom. The van der Waals surface area contributed by atoms with Gasteiger partial charge in [-0.1, -0.05) is 0 Å². The Hall–Kier alpha value is -4.18. The van der Waals surface area contributed by atoms with Crippen molar-refractivity contribution in [3.05, 3.63) is 41.5 Å². The largest absolute Gasteiger partial charge is 0.493 e. The van der Waals surface area contributed by atoms with Crippen LogP contribution in [-0.2, 0) is 18.9 Å². The van der Waals surface area contributed by atoms with Crippen molar-refractivity contribution in [2.45, 2.75) is 61.4 Å². The fourth-order valence-corrected chi connectivity index (χ4v) is 5.03. The number of ether oxygens (including phenoxy) is 9. The molecule has 6 heterocycles. The molecule has 0 radical (unpaired) electrons. The van der Waals surface area contributed by atoms with Gasteiger partial charge in [-0.15, -0.1) is 0 Å². The Morgan fingerprint density at radius 2 is 0.942 bits per heavy atom. The van der Waals surface area contributed by atoms with Gasteiger partial charge in [-0.2, -0.15) is 0 Å².